The number of hydrogen-bond donors (Lipinski definition) is 1. The maximum Gasteiger partial charge on any atom is 0.0593 e. The maximum atomic E-state index is 6.31. The molecule has 0 spiro atoms. The van der Waals surface area contributed by atoms with Gasteiger partial charge in [-0.1, -0.05) is 0 Å². The van der Waals surface area contributed by atoms with Crippen LogP contribution in [0.1, 0.15) is 39.0 Å². The van der Waals surface area contributed by atoms with Crippen LogP contribution in [0.15, 0.2) is 0 Å². The molecule has 3 heteroatoms. The van der Waals surface area contributed by atoms with Crippen LogP contribution in [-0.4, -0.2) is 43.8 Å². The average molecular weight is 266 g/mol. The highest BCUT2D eigenvalue weighted by atomic mass is 16.5. The van der Waals surface area contributed by atoms with Gasteiger partial charge in [-0.25, -0.2) is 0 Å². The molecule has 4 bridgehead atoms. The van der Waals surface area contributed by atoms with Gasteiger partial charge >= 0.3 is 0 Å². The Balaban J connectivity index is 1.75. The molecule has 4 rings (SSSR count). The van der Waals surface area contributed by atoms with E-state index >= 15 is 0 Å². The van der Waals surface area contributed by atoms with Gasteiger partial charge in [0.2, 0.25) is 0 Å². The van der Waals surface area contributed by atoms with Gasteiger partial charge in [-0.2, -0.15) is 0 Å². The lowest BCUT2D eigenvalue weighted by atomic mass is 9.48. The van der Waals surface area contributed by atoms with Crippen LogP contribution < -0.4 is 5.73 Å². The van der Waals surface area contributed by atoms with Crippen LogP contribution in [0.25, 0.3) is 0 Å². The Hall–Kier alpha value is -0.120. The fourth-order valence-corrected chi connectivity index (χ4v) is 5.67. The van der Waals surface area contributed by atoms with Crippen molar-refractivity contribution in [3.8, 4) is 0 Å². The second kappa shape index (κ2) is 5.34. The summed E-state index contributed by atoms with van der Waals surface area (Å²) in [6.07, 6.45) is 7.25. The van der Waals surface area contributed by atoms with Crippen molar-refractivity contribution in [2.75, 3.05) is 33.4 Å². The summed E-state index contributed by atoms with van der Waals surface area (Å²) in [6, 6.07) is 0. The molecular formula is C16H30N2O. The summed E-state index contributed by atoms with van der Waals surface area (Å²) in [5, 5.41) is 0. The SMILES string of the molecule is CCOCCN(C)C1(CN)C2CC3CC(C2)CC1C3. The molecule has 0 amide bonds. The van der Waals surface area contributed by atoms with Crippen molar-refractivity contribution in [1.82, 2.24) is 4.90 Å². The molecule has 0 saturated heterocycles. The van der Waals surface area contributed by atoms with Gasteiger partial charge in [0.1, 0.15) is 0 Å². The highest BCUT2D eigenvalue weighted by Gasteiger charge is 2.57. The summed E-state index contributed by atoms with van der Waals surface area (Å²) >= 11 is 0. The molecule has 4 fully saturated rings. The first-order valence-electron chi connectivity index (χ1n) is 8.19. The normalized spacial score (nSPS) is 44.2. The van der Waals surface area contributed by atoms with Crippen molar-refractivity contribution < 1.29 is 4.74 Å². The number of likely N-dealkylation sites (N-methyl/N-ethyl adjacent to an activating group) is 1. The number of ether oxygens (including phenoxy) is 1. The molecule has 4 aliphatic carbocycles. The van der Waals surface area contributed by atoms with E-state index in [1.54, 1.807) is 0 Å². The van der Waals surface area contributed by atoms with E-state index in [0.717, 1.165) is 50.0 Å². The molecule has 2 N–H and O–H groups in total. The Morgan fingerprint density at radius 3 is 2.16 bits per heavy atom. The molecule has 19 heavy (non-hydrogen) atoms. The molecule has 0 unspecified atom stereocenters. The predicted octanol–water partition coefficient (Wildman–Crippen LogP) is 2.11. The van der Waals surface area contributed by atoms with Crippen molar-refractivity contribution in [3.05, 3.63) is 0 Å². The van der Waals surface area contributed by atoms with Gasteiger partial charge in [-0.3, -0.25) is 4.90 Å². The minimum absolute atomic E-state index is 0.282. The molecule has 110 valence electrons. The summed E-state index contributed by atoms with van der Waals surface area (Å²) in [4.78, 5) is 2.57. The topological polar surface area (TPSA) is 38.5 Å². The molecule has 0 atom stereocenters. The second-order valence-electron chi connectivity index (χ2n) is 7.12. The average Bonchev–Trinajstić information content (AvgIpc) is 2.39. The van der Waals surface area contributed by atoms with Crippen LogP contribution in [0.2, 0.25) is 0 Å². The van der Waals surface area contributed by atoms with Crippen molar-refractivity contribution in [2.24, 2.45) is 29.4 Å². The fourth-order valence-electron chi connectivity index (χ4n) is 5.67. The summed E-state index contributed by atoms with van der Waals surface area (Å²) in [7, 11) is 2.29. The molecule has 0 aromatic heterocycles. The highest BCUT2D eigenvalue weighted by Crippen LogP contribution is 2.59. The van der Waals surface area contributed by atoms with Crippen LogP contribution >= 0.6 is 0 Å². The predicted molar refractivity (Wildman–Crippen MR) is 78.0 cm³/mol. The van der Waals surface area contributed by atoms with Crippen molar-refractivity contribution >= 4 is 0 Å². The second-order valence-corrected chi connectivity index (χ2v) is 7.12. The van der Waals surface area contributed by atoms with E-state index in [1.807, 2.05) is 0 Å². The van der Waals surface area contributed by atoms with Gasteiger partial charge in [0.05, 0.1) is 6.61 Å². The standard InChI is InChI=1S/C16H30N2O/c1-3-19-5-4-18(2)16(11-17)14-7-12-6-13(9-14)10-15(16)8-12/h12-15H,3-11,17H2,1-2H3. The van der Waals surface area contributed by atoms with E-state index in [2.05, 4.69) is 18.9 Å². The van der Waals surface area contributed by atoms with Crippen LogP contribution in [0.5, 0.6) is 0 Å². The van der Waals surface area contributed by atoms with Gasteiger partial charge in [0.25, 0.3) is 0 Å². The summed E-state index contributed by atoms with van der Waals surface area (Å²) < 4.78 is 5.55. The van der Waals surface area contributed by atoms with Gasteiger partial charge < -0.3 is 10.5 Å². The lowest BCUT2D eigenvalue weighted by Gasteiger charge is -2.64. The van der Waals surface area contributed by atoms with E-state index in [4.69, 9.17) is 10.5 Å². The third-order valence-electron chi connectivity index (χ3n) is 6.36. The number of nitrogens with two attached hydrogens (primary N) is 1. The molecule has 0 radical (unpaired) electrons. The Morgan fingerprint density at radius 1 is 1.11 bits per heavy atom. The van der Waals surface area contributed by atoms with Crippen molar-refractivity contribution in [1.29, 1.82) is 0 Å². The molecule has 4 saturated carbocycles. The largest absolute Gasteiger partial charge is 0.380 e. The zero-order valence-electron chi connectivity index (χ0n) is 12.6. The molecule has 3 nitrogen and oxygen atoms in total. The minimum atomic E-state index is 0.282. The lowest BCUT2D eigenvalue weighted by Crippen LogP contribution is -2.68. The molecule has 4 aliphatic rings. The number of rotatable bonds is 6. The third kappa shape index (κ3) is 2.14. The first kappa shape index (κ1) is 13.8. The van der Waals surface area contributed by atoms with E-state index in [-0.39, 0.29) is 5.54 Å². The highest BCUT2D eigenvalue weighted by molar-refractivity contribution is 5.12. The Morgan fingerprint density at radius 2 is 1.68 bits per heavy atom. The van der Waals surface area contributed by atoms with Crippen LogP contribution in [-0.2, 0) is 4.74 Å². The van der Waals surface area contributed by atoms with Gasteiger partial charge in [0.15, 0.2) is 0 Å². The zero-order chi connectivity index (χ0) is 13.5. The third-order valence-corrected chi connectivity index (χ3v) is 6.36. The van der Waals surface area contributed by atoms with Crippen LogP contribution in [0.4, 0.5) is 0 Å². The van der Waals surface area contributed by atoms with Gasteiger partial charge in [-0.15, -0.1) is 0 Å². The fraction of sp³-hybridized carbons (Fsp3) is 1.00. The molecule has 0 heterocycles. The van der Waals surface area contributed by atoms with Crippen LogP contribution in [0, 0.1) is 23.7 Å². The quantitative estimate of drug-likeness (QED) is 0.748. The van der Waals surface area contributed by atoms with E-state index in [0.29, 0.717) is 0 Å². The van der Waals surface area contributed by atoms with Crippen LogP contribution in [0.3, 0.4) is 0 Å². The smallest absolute Gasteiger partial charge is 0.0593 e. The summed E-state index contributed by atoms with van der Waals surface area (Å²) in [5.41, 5.74) is 6.59. The Bertz CT molecular complexity index is 290. The van der Waals surface area contributed by atoms with E-state index < -0.39 is 0 Å². The molecular weight excluding hydrogens is 236 g/mol. The minimum Gasteiger partial charge on any atom is -0.380 e. The van der Waals surface area contributed by atoms with Crippen molar-refractivity contribution in [2.45, 2.75) is 44.6 Å². The lowest BCUT2D eigenvalue weighted by molar-refractivity contribution is -0.126. The Labute approximate surface area is 117 Å². The van der Waals surface area contributed by atoms with Gasteiger partial charge in [0, 0.05) is 25.2 Å². The van der Waals surface area contributed by atoms with Gasteiger partial charge in [-0.05, 0) is 69.7 Å². The number of hydrogen-bond acceptors (Lipinski definition) is 3. The van der Waals surface area contributed by atoms with E-state index in [1.165, 1.54) is 32.1 Å². The summed E-state index contributed by atoms with van der Waals surface area (Å²) in [6.45, 7) is 5.61. The first-order valence-corrected chi connectivity index (χ1v) is 8.19. The zero-order valence-corrected chi connectivity index (χ0v) is 12.6. The first-order chi connectivity index (χ1) is 9.20. The summed E-state index contributed by atoms with van der Waals surface area (Å²) in [5.74, 6) is 3.73. The van der Waals surface area contributed by atoms with Crippen molar-refractivity contribution in [3.63, 3.8) is 0 Å². The molecule has 0 aromatic carbocycles. The Kier molecular flexibility index (Phi) is 3.89. The molecule has 0 aromatic rings. The maximum absolute atomic E-state index is 6.31. The number of nitrogens with zero attached hydrogens (tertiary/aromatic N) is 1. The monoisotopic (exact) mass is 266 g/mol. The van der Waals surface area contributed by atoms with E-state index in [9.17, 15) is 0 Å². The molecule has 0 aliphatic heterocycles.